The predicted octanol–water partition coefficient (Wildman–Crippen LogP) is 5.96. The molecule has 2 atom stereocenters. The third kappa shape index (κ3) is 6.75. The number of nitro groups is 1. The van der Waals surface area contributed by atoms with Crippen LogP contribution >= 0.6 is 0 Å². The first-order valence-corrected chi connectivity index (χ1v) is 13.3. The highest BCUT2D eigenvalue weighted by atomic mass is 28.4. The molecule has 0 radical (unpaired) electrons. The van der Waals surface area contributed by atoms with Gasteiger partial charge in [-0.1, -0.05) is 75.4 Å². The van der Waals surface area contributed by atoms with Crippen molar-refractivity contribution in [3.63, 3.8) is 0 Å². The van der Waals surface area contributed by atoms with Crippen LogP contribution in [0.15, 0.2) is 54.6 Å². The third-order valence-corrected chi connectivity index (χ3v) is 10.3. The number of benzene rings is 2. The minimum Gasteiger partial charge on any atom is -0.482 e. The third-order valence-electron chi connectivity index (χ3n) is 5.69. The van der Waals surface area contributed by atoms with E-state index < -0.39 is 25.4 Å². The van der Waals surface area contributed by atoms with E-state index in [1.165, 1.54) is 6.07 Å². The first-order valence-electron chi connectivity index (χ1n) is 10.4. The molecule has 2 unspecified atom stereocenters. The summed E-state index contributed by atoms with van der Waals surface area (Å²) in [7, 11) is -2.03. The van der Waals surface area contributed by atoms with Gasteiger partial charge in [-0.2, -0.15) is 0 Å². The Labute approximate surface area is 185 Å². The average molecular weight is 444 g/mol. The number of aliphatic hydroxyl groups excluding tert-OH is 1. The van der Waals surface area contributed by atoms with E-state index in [1.807, 2.05) is 37.3 Å². The molecule has 0 aliphatic rings. The second-order valence-electron chi connectivity index (χ2n) is 9.16. The molecule has 0 aliphatic carbocycles. The van der Waals surface area contributed by atoms with Gasteiger partial charge in [0.25, 0.3) is 0 Å². The molecule has 168 valence electrons. The van der Waals surface area contributed by atoms with E-state index in [0.29, 0.717) is 5.56 Å². The first-order chi connectivity index (χ1) is 14.4. The van der Waals surface area contributed by atoms with Gasteiger partial charge in [0.1, 0.15) is 6.61 Å². The molecule has 0 aromatic heterocycles. The summed E-state index contributed by atoms with van der Waals surface area (Å²) < 4.78 is 12.1. The Morgan fingerprint density at radius 1 is 1.13 bits per heavy atom. The van der Waals surface area contributed by atoms with Crippen molar-refractivity contribution in [1.82, 2.24) is 0 Å². The lowest BCUT2D eigenvalue weighted by Gasteiger charge is -2.39. The van der Waals surface area contributed by atoms with Crippen LogP contribution in [0.2, 0.25) is 18.1 Å². The van der Waals surface area contributed by atoms with Crippen LogP contribution in [0, 0.1) is 10.1 Å². The van der Waals surface area contributed by atoms with Gasteiger partial charge in [-0.15, -0.1) is 0 Å². The molecular formula is C24H33NO5Si. The quantitative estimate of drug-likeness (QED) is 0.294. The second-order valence-corrected chi connectivity index (χ2v) is 13.9. The van der Waals surface area contributed by atoms with Gasteiger partial charge < -0.3 is 14.3 Å². The maximum absolute atomic E-state index is 11.5. The molecule has 0 fully saturated rings. The topological polar surface area (TPSA) is 81.8 Å². The van der Waals surface area contributed by atoms with Crippen LogP contribution in [0.5, 0.6) is 5.75 Å². The van der Waals surface area contributed by atoms with Crippen molar-refractivity contribution in [1.29, 1.82) is 0 Å². The zero-order valence-corrected chi connectivity index (χ0v) is 20.2. The van der Waals surface area contributed by atoms with E-state index >= 15 is 0 Å². The number of ether oxygens (including phenoxy) is 1. The van der Waals surface area contributed by atoms with Crippen molar-refractivity contribution < 1.29 is 19.2 Å². The monoisotopic (exact) mass is 443 g/mol. The molecule has 1 N–H and O–H groups in total. The molecule has 7 heteroatoms. The zero-order valence-electron chi connectivity index (χ0n) is 19.2. The number of hydrogen-bond donors (Lipinski definition) is 1. The van der Waals surface area contributed by atoms with Crippen LogP contribution in [0.3, 0.4) is 0 Å². The molecule has 6 nitrogen and oxygen atoms in total. The fourth-order valence-corrected chi connectivity index (χ4v) is 4.20. The maximum atomic E-state index is 11.5. The molecule has 0 saturated carbocycles. The molecule has 2 rings (SSSR count). The van der Waals surface area contributed by atoms with Crippen LogP contribution < -0.4 is 4.74 Å². The summed E-state index contributed by atoms with van der Waals surface area (Å²) in [6, 6.07) is 14.2. The molecule has 0 saturated heterocycles. The minimum absolute atomic E-state index is 0.0309. The molecule has 0 spiro atoms. The van der Waals surface area contributed by atoms with Gasteiger partial charge in [-0.3, -0.25) is 10.1 Å². The SMILES string of the molecule is CC(O[Si](C)(C)C(C)(C)C)C(O)C=Cc1cccc([N+](=O)[O-])c1OCc1ccccc1. The summed E-state index contributed by atoms with van der Waals surface area (Å²) in [6.45, 7) is 12.8. The van der Waals surface area contributed by atoms with Crippen LogP contribution in [0.25, 0.3) is 6.08 Å². The van der Waals surface area contributed by atoms with Crippen molar-refractivity contribution >= 4 is 20.1 Å². The summed E-state index contributed by atoms with van der Waals surface area (Å²) in [5, 5.41) is 22.2. The number of nitrogens with zero attached hydrogens (tertiary/aromatic N) is 1. The van der Waals surface area contributed by atoms with Gasteiger partial charge in [0, 0.05) is 11.6 Å². The number of aliphatic hydroxyl groups is 1. The van der Waals surface area contributed by atoms with Crippen molar-refractivity contribution in [2.24, 2.45) is 0 Å². The molecular weight excluding hydrogens is 410 g/mol. The van der Waals surface area contributed by atoms with E-state index in [0.717, 1.165) is 5.56 Å². The van der Waals surface area contributed by atoms with E-state index in [1.54, 1.807) is 24.3 Å². The van der Waals surface area contributed by atoms with Crippen LogP contribution in [-0.4, -0.2) is 30.6 Å². The molecule has 31 heavy (non-hydrogen) atoms. The van der Waals surface area contributed by atoms with Gasteiger partial charge in [0.15, 0.2) is 8.32 Å². The van der Waals surface area contributed by atoms with Crippen LogP contribution in [-0.2, 0) is 11.0 Å². The van der Waals surface area contributed by atoms with Gasteiger partial charge >= 0.3 is 5.69 Å². The Hall–Kier alpha value is -2.48. The van der Waals surface area contributed by atoms with Gasteiger partial charge in [-0.25, -0.2) is 0 Å². The lowest BCUT2D eigenvalue weighted by Crippen LogP contribution is -2.45. The molecule has 0 heterocycles. The summed E-state index contributed by atoms with van der Waals surface area (Å²) in [6.07, 6.45) is 2.01. The first kappa shape index (κ1) is 24.8. The van der Waals surface area contributed by atoms with Crippen molar-refractivity contribution in [2.45, 2.75) is 64.6 Å². The highest BCUT2D eigenvalue weighted by Crippen LogP contribution is 2.38. The van der Waals surface area contributed by atoms with Crippen molar-refractivity contribution in [3.05, 3.63) is 75.8 Å². The molecule has 0 amide bonds. The molecule has 0 aliphatic heterocycles. The Morgan fingerprint density at radius 2 is 1.77 bits per heavy atom. The largest absolute Gasteiger partial charge is 0.482 e. The normalized spacial score (nSPS) is 14.4. The highest BCUT2D eigenvalue weighted by Gasteiger charge is 2.39. The highest BCUT2D eigenvalue weighted by molar-refractivity contribution is 6.74. The Morgan fingerprint density at radius 3 is 2.35 bits per heavy atom. The lowest BCUT2D eigenvalue weighted by molar-refractivity contribution is -0.386. The molecule has 2 aromatic rings. The van der Waals surface area contributed by atoms with Crippen LogP contribution in [0.1, 0.15) is 38.8 Å². The van der Waals surface area contributed by atoms with Gasteiger partial charge in [-0.05, 0) is 30.6 Å². The van der Waals surface area contributed by atoms with Crippen molar-refractivity contribution in [2.75, 3.05) is 0 Å². The predicted molar refractivity (Wildman–Crippen MR) is 127 cm³/mol. The number of nitro benzene ring substituents is 1. The Balaban J connectivity index is 2.22. The van der Waals surface area contributed by atoms with Crippen LogP contribution in [0.4, 0.5) is 5.69 Å². The fraction of sp³-hybridized carbons (Fsp3) is 0.417. The van der Waals surface area contributed by atoms with E-state index in [2.05, 4.69) is 33.9 Å². The summed E-state index contributed by atoms with van der Waals surface area (Å²) in [5.74, 6) is 0.178. The van der Waals surface area contributed by atoms with E-state index in [9.17, 15) is 15.2 Å². The van der Waals surface area contributed by atoms with E-state index in [-0.39, 0.29) is 23.1 Å². The fourth-order valence-electron chi connectivity index (χ4n) is 2.77. The number of hydrogen-bond acceptors (Lipinski definition) is 5. The summed E-state index contributed by atoms with van der Waals surface area (Å²) in [5.41, 5.74) is 1.33. The Bertz CT molecular complexity index is 906. The molecule has 2 aromatic carbocycles. The number of rotatable bonds is 9. The summed E-state index contributed by atoms with van der Waals surface area (Å²) in [4.78, 5) is 11.1. The average Bonchev–Trinajstić information content (AvgIpc) is 2.70. The van der Waals surface area contributed by atoms with Crippen molar-refractivity contribution in [3.8, 4) is 5.75 Å². The summed E-state index contributed by atoms with van der Waals surface area (Å²) >= 11 is 0. The smallest absolute Gasteiger partial charge is 0.311 e. The lowest BCUT2D eigenvalue weighted by atomic mass is 10.1. The zero-order chi connectivity index (χ0) is 23.2. The Kier molecular flexibility index (Phi) is 8.17. The minimum atomic E-state index is -2.03. The van der Waals surface area contributed by atoms with E-state index in [4.69, 9.17) is 9.16 Å². The standard InChI is InChI=1S/C24H33NO5Si/c1-18(30-31(5,6)24(2,3)4)22(26)16-15-20-13-10-14-21(25(27)28)23(20)29-17-19-11-8-7-9-12-19/h7-16,18,22,26H,17H2,1-6H3. The second kappa shape index (κ2) is 10.2. The number of para-hydroxylation sites is 1. The molecule has 0 bridgehead atoms. The van der Waals surface area contributed by atoms with Gasteiger partial charge in [0.05, 0.1) is 17.1 Å². The maximum Gasteiger partial charge on any atom is 0.311 e. The van der Waals surface area contributed by atoms with Gasteiger partial charge in [0.2, 0.25) is 5.75 Å².